The summed E-state index contributed by atoms with van der Waals surface area (Å²) < 4.78 is 5.26. The molecule has 0 saturated carbocycles. The fourth-order valence-corrected chi connectivity index (χ4v) is 5.18. The lowest BCUT2D eigenvalue weighted by atomic mass is 9.79. The van der Waals surface area contributed by atoms with Gasteiger partial charge < -0.3 is 15.0 Å². The monoisotopic (exact) mass is 448 g/mol. The Morgan fingerprint density at radius 3 is 2.59 bits per heavy atom. The molecule has 0 spiro atoms. The summed E-state index contributed by atoms with van der Waals surface area (Å²) in [5.74, 6) is 0.774. The molecule has 2 amide bonds. The average Bonchev–Trinajstić information content (AvgIpc) is 3.50. The first-order valence-electron chi connectivity index (χ1n) is 10.8. The third-order valence-corrected chi connectivity index (χ3v) is 7.13. The molecule has 3 aromatic rings. The predicted molar refractivity (Wildman–Crippen MR) is 128 cm³/mol. The van der Waals surface area contributed by atoms with Crippen LogP contribution >= 0.6 is 11.3 Å². The minimum absolute atomic E-state index is 0.00323. The number of methoxy groups -OCH3 is 1. The van der Waals surface area contributed by atoms with E-state index in [1.54, 1.807) is 25.5 Å². The fourth-order valence-electron chi connectivity index (χ4n) is 4.45. The largest absolute Gasteiger partial charge is 0.497 e. The summed E-state index contributed by atoms with van der Waals surface area (Å²) in [5, 5.41) is 4.90. The molecule has 1 saturated heterocycles. The van der Waals surface area contributed by atoms with Crippen LogP contribution < -0.4 is 10.1 Å². The second-order valence-electron chi connectivity index (χ2n) is 8.30. The molecule has 0 aliphatic carbocycles. The number of rotatable bonds is 7. The number of nitrogens with zero attached hydrogens (tertiary/aromatic N) is 1. The van der Waals surface area contributed by atoms with Crippen LogP contribution in [0.4, 0.5) is 0 Å². The lowest BCUT2D eigenvalue weighted by Crippen LogP contribution is -2.44. The maximum absolute atomic E-state index is 13.0. The molecule has 5 nitrogen and oxygen atoms in total. The summed E-state index contributed by atoms with van der Waals surface area (Å²) in [5.41, 5.74) is 2.59. The topological polar surface area (TPSA) is 58.6 Å². The van der Waals surface area contributed by atoms with E-state index in [-0.39, 0.29) is 11.8 Å². The van der Waals surface area contributed by atoms with Crippen LogP contribution in [0.3, 0.4) is 0 Å². The fraction of sp³-hybridized carbons (Fsp3) is 0.308. The van der Waals surface area contributed by atoms with Gasteiger partial charge in [0.2, 0.25) is 11.8 Å². The van der Waals surface area contributed by atoms with E-state index in [1.807, 2.05) is 35.2 Å². The molecular formula is C26H28N2O3S. The average molecular weight is 449 g/mol. The van der Waals surface area contributed by atoms with Crippen molar-refractivity contribution in [2.45, 2.75) is 19.3 Å². The van der Waals surface area contributed by atoms with Crippen molar-refractivity contribution in [1.29, 1.82) is 0 Å². The van der Waals surface area contributed by atoms with Gasteiger partial charge in [-0.2, -0.15) is 0 Å². The number of benzene rings is 2. The Kier molecular flexibility index (Phi) is 6.61. The molecule has 2 aromatic carbocycles. The van der Waals surface area contributed by atoms with Crippen LogP contribution in [-0.2, 0) is 22.4 Å². The first-order chi connectivity index (χ1) is 15.5. The first kappa shape index (κ1) is 22.1. The SMILES string of the molecule is CNC(=O)C1(Cc2ccc(-c3cccs3)cc2)CCN(C(=O)Cc2cccc(OC)c2)C1. The van der Waals surface area contributed by atoms with Crippen LogP contribution in [0, 0.1) is 5.41 Å². The molecule has 1 N–H and O–H groups in total. The zero-order chi connectivity index (χ0) is 22.6. The molecule has 1 atom stereocenters. The van der Waals surface area contributed by atoms with Crippen molar-refractivity contribution < 1.29 is 14.3 Å². The van der Waals surface area contributed by atoms with Gasteiger partial charge in [-0.15, -0.1) is 11.3 Å². The standard InChI is InChI=1S/C26H28N2O3S/c1-27-25(30)26(17-19-8-10-21(11-9-19)23-7-4-14-32-23)12-13-28(18-26)24(29)16-20-5-3-6-22(15-20)31-2/h3-11,14-15H,12-13,16-18H2,1-2H3,(H,27,30). The summed E-state index contributed by atoms with van der Waals surface area (Å²) in [4.78, 5) is 29.0. The molecule has 1 aromatic heterocycles. The van der Waals surface area contributed by atoms with Crippen LogP contribution in [-0.4, -0.2) is 44.0 Å². The highest BCUT2D eigenvalue weighted by molar-refractivity contribution is 7.13. The third kappa shape index (κ3) is 4.70. The molecule has 32 heavy (non-hydrogen) atoms. The Morgan fingerprint density at radius 2 is 1.91 bits per heavy atom. The smallest absolute Gasteiger partial charge is 0.228 e. The Labute approximate surface area is 193 Å². The van der Waals surface area contributed by atoms with Crippen LogP contribution in [0.1, 0.15) is 17.5 Å². The molecule has 4 rings (SSSR count). The lowest BCUT2D eigenvalue weighted by Gasteiger charge is -2.28. The number of hydrogen-bond acceptors (Lipinski definition) is 4. The van der Waals surface area contributed by atoms with Crippen molar-refractivity contribution in [3.63, 3.8) is 0 Å². The highest BCUT2D eigenvalue weighted by atomic mass is 32.1. The molecule has 6 heteroatoms. The molecule has 1 unspecified atom stereocenters. The molecule has 1 aliphatic heterocycles. The maximum atomic E-state index is 13.0. The molecule has 1 fully saturated rings. The number of thiophene rings is 1. The summed E-state index contributed by atoms with van der Waals surface area (Å²) in [7, 11) is 3.29. The number of carbonyl (C=O) groups excluding carboxylic acids is 2. The Morgan fingerprint density at radius 1 is 1.09 bits per heavy atom. The van der Waals surface area contributed by atoms with E-state index in [4.69, 9.17) is 4.74 Å². The Bertz CT molecular complexity index is 1080. The molecule has 166 valence electrons. The molecule has 1 aliphatic rings. The van der Waals surface area contributed by atoms with Crippen molar-refractivity contribution in [2.24, 2.45) is 5.41 Å². The van der Waals surface area contributed by atoms with Crippen molar-refractivity contribution in [3.05, 3.63) is 77.2 Å². The van der Waals surface area contributed by atoms with Gasteiger partial charge >= 0.3 is 0 Å². The van der Waals surface area contributed by atoms with Gasteiger partial charge in [-0.1, -0.05) is 42.5 Å². The normalized spacial score (nSPS) is 17.9. The number of likely N-dealkylation sites (tertiary alicyclic amines) is 1. The van der Waals surface area contributed by atoms with Crippen LogP contribution in [0.15, 0.2) is 66.0 Å². The second-order valence-corrected chi connectivity index (χ2v) is 9.25. The molecule has 0 bridgehead atoms. The predicted octanol–water partition coefficient (Wildman–Crippen LogP) is 4.17. The van der Waals surface area contributed by atoms with E-state index in [0.717, 1.165) is 16.9 Å². The van der Waals surface area contributed by atoms with E-state index < -0.39 is 5.41 Å². The van der Waals surface area contributed by atoms with Crippen molar-refractivity contribution in [2.75, 3.05) is 27.2 Å². The van der Waals surface area contributed by atoms with Crippen LogP contribution in [0.25, 0.3) is 10.4 Å². The summed E-state index contributed by atoms with van der Waals surface area (Å²) in [6.45, 7) is 1.02. The molecular weight excluding hydrogens is 420 g/mol. The highest BCUT2D eigenvalue weighted by Gasteiger charge is 2.45. The number of amides is 2. The minimum Gasteiger partial charge on any atom is -0.497 e. The number of carbonyl (C=O) groups is 2. The highest BCUT2D eigenvalue weighted by Crippen LogP contribution is 2.36. The van der Waals surface area contributed by atoms with Gasteiger partial charge in [0.05, 0.1) is 18.9 Å². The Balaban J connectivity index is 1.47. The second kappa shape index (κ2) is 9.57. The van der Waals surface area contributed by atoms with Gasteiger partial charge in [-0.3, -0.25) is 9.59 Å². The molecule has 0 radical (unpaired) electrons. The van der Waals surface area contributed by atoms with E-state index in [2.05, 4.69) is 41.0 Å². The zero-order valence-corrected chi connectivity index (χ0v) is 19.3. The van der Waals surface area contributed by atoms with Gasteiger partial charge in [0.25, 0.3) is 0 Å². The maximum Gasteiger partial charge on any atom is 0.228 e. The van der Waals surface area contributed by atoms with E-state index in [1.165, 1.54) is 10.4 Å². The summed E-state index contributed by atoms with van der Waals surface area (Å²) in [6, 6.07) is 20.1. The van der Waals surface area contributed by atoms with Gasteiger partial charge in [-0.25, -0.2) is 0 Å². The van der Waals surface area contributed by atoms with Gasteiger partial charge in [-0.05, 0) is 53.1 Å². The van der Waals surface area contributed by atoms with E-state index in [0.29, 0.717) is 32.4 Å². The third-order valence-electron chi connectivity index (χ3n) is 6.21. The quantitative estimate of drug-likeness (QED) is 0.590. The van der Waals surface area contributed by atoms with Gasteiger partial charge in [0, 0.05) is 25.0 Å². The minimum atomic E-state index is -0.608. The van der Waals surface area contributed by atoms with E-state index >= 15 is 0 Å². The molecule has 2 heterocycles. The Hall–Kier alpha value is -3.12. The number of hydrogen-bond donors (Lipinski definition) is 1. The zero-order valence-electron chi connectivity index (χ0n) is 18.5. The van der Waals surface area contributed by atoms with E-state index in [9.17, 15) is 9.59 Å². The van der Waals surface area contributed by atoms with Gasteiger partial charge in [0.1, 0.15) is 5.75 Å². The van der Waals surface area contributed by atoms with Crippen LogP contribution in [0.5, 0.6) is 5.75 Å². The van der Waals surface area contributed by atoms with Gasteiger partial charge in [0.15, 0.2) is 0 Å². The van der Waals surface area contributed by atoms with Crippen molar-refractivity contribution in [1.82, 2.24) is 10.2 Å². The lowest BCUT2D eigenvalue weighted by molar-refractivity contribution is -0.132. The number of ether oxygens (including phenoxy) is 1. The van der Waals surface area contributed by atoms with Crippen molar-refractivity contribution in [3.8, 4) is 16.2 Å². The summed E-state index contributed by atoms with van der Waals surface area (Å²) >= 11 is 1.71. The van der Waals surface area contributed by atoms with Crippen LogP contribution in [0.2, 0.25) is 0 Å². The first-order valence-corrected chi connectivity index (χ1v) is 11.7. The van der Waals surface area contributed by atoms with Crippen molar-refractivity contribution >= 4 is 23.2 Å². The summed E-state index contributed by atoms with van der Waals surface area (Å²) in [6.07, 6.45) is 1.57. The number of nitrogens with one attached hydrogen (secondary N) is 1.